The minimum atomic E-state index is -0.320. The lowest BCUT2D eigenvalue weighted by Gasteiger charge is -2.23. The van der Waals surface area contributed by atoms with Crippen molar-refractivity contribution in [2.75, 3.05) is 34.8 Å². The first-order chi connectivity index (χ1) is 13.4. The summed E-state index contributed by atoms with van der Waals surface area (Å²) in [7, 11) is 0. The molecule has 1 aliphatic heterocycles. The van der Waals surface area contributed by atoms with Gasteiger partial charge in [-0.05, 0) is 56.2 Å². The summed E-state index contributed by atoms with van der Waals surface area (Å²) in [5, 5.41) is 2.76. The molecule has 1 fully saturated rings. The molecule has 0 atom stereocenters. The number of carbonyl (C=O) groups excluding carboxylic acids is 3. The molecule has 0 aliphatic carbocycles. The Hall–Kier alpha value is -3.15. The number of nitrogens with zero attached hydrogens (tertiary/aromatic N) is 2. The zero-order valence-electron chi connectivity index (χ0n) is 16.3. The fraction of sp³-hybridized carbons (Fsp3) is 0.318. The van der Waals surface area contributed by atoms with Crippen LogP contribution in [0.2, 0.25) is 0 Å². The molecule has 1 aliphatic rings. The van der Waals surface area contributed by atoms with Gasteiger partial charge in [-0.15, -0.1) is 0 Å². The summed E-state index contributed by atoms with van der Waals surface area (Å²) in [6.07, 6.45) is 2.40. The Morgan fingerprint density at radius 2 is 1.68 bits per heavy atom. The summed E-state index contributed by atoms with van der Waals surface area (Å²) in [6, 6.07) is 14.5. The van der Waals surface area contributed by atoms with E-state index in [1.54, 1.807) is 24.3 Å². The molecule has 2 aromatic rings. The molecule has 1 saturated heterocycles. The van der Waals surface area contributed by atoms with Gasteiger partial charge in [0, 0.05) is 42.6 Å². The van der Waals surface area contributed by atoms with Gasteiger partial charge >= 0.3 is 0 Å². The Bertz CT molecular complexity index is 871. The third-order valence-electron chi connectivity index (χ3n) is 4.87. The number of hydrogen-bond acceptors (Lipinski definition) is 4. The maximum Gasteiger partial charge on any atom is 0.244 e. The van der Waals surface area contributed by atoms with E-state index in [9.17, 15) is 14.4 Å². The monoisotopic (exact) mass is 379 g/mol. The first kappa shape index (κ1) is 19.6. The van der Waals surface area contributed by atoms with Crippen molar-refractivity contribution < 1.29 is 14.4 Å². The normalized spacial score (nSPS) is 13.3. The van der Waals surface area contributed by atoms with Gasteiger partial charge in [0.05, 0.1) is 0 Å². The zero-order chi connectivity index (χ0) is 20.1. The smallest absolute Gasteiger partial charge is 0.244 e. The standard InChI is InChI=1S/C22H25N3O3/c1-16(26)18-6-5-7-19(14-18)23-22(28)15-25(17(2)27)21-10-8-20(9-11-21)24-12-3-4-13-24/h5-11,14H,3-4,12-13,15H2,1-2H3,(H,23,28). The van der Waals surface area contributed by atoms with Crippen LogP contribution in [0.1, 0.15) is 37.0 Å². The molecule has 6 heteroatoms. The second-order valence-electron chi connectivity index (χ2n) is 7.00. The average Bonchev–Trinajstić information content (AvgIpc) is 3.21. The number of carbonyl (C=O) groups is 3. The van der Waals surface area contributed by atoms with Crippen molar-refractivity contribution in [3.05, 3.63) is 54.1 Å². The van der Waals surface area contributed by atoms with E-state index in [1.165, 1.54) is 31.6 Å². The van der Waals surface area contributed by atoms with Crippen LogP contribution in [0.25, 0.3) is 0 Å². The predicted molar refractivity (Wildman–Crippen MR) is 111 cm³/mol. The summed E-state index contributed by atoms with van der Waals surface area (Å²) in [5.74, 6) is -0.597. The minimum absolute atomic E-state index is 0.0699. The molecule has 0 unspecified atom stereocenters. The van der Waals surface area contributed by atoms with E-state index >= 15 is 0 Å². The highest BCUT2D eigenvalue weighted by Crippen LogP contribution is 2.24. The van der Waals surface area contributed by atoms with E-state index in [2.05, 4.69) is 10.2 Å². The summed E-state index contributed by atoms with van der Waals surface area (Å²) in [4.78, 5) is 39.8. The van der Waals surface area contributed by atoms with Gasteiger partial charge in [0.1, 0.15) is 6.54 Å². The molecule has 2 amide bonds. The Morgan fingerprint density at radius 1 is 1.00 bits per heavy atom. The van der Waals surface area contributed by atoms with Gasteiger partial charge in [0.2, 0.25) is 11.8 Å². The third kappa shape index (κ3) is 4.76. The molecule has 0 radical (unpaired) electrons. The topological polar surface area (TPSA) is 69.7 Å². The van der Waals surface area contributed by atoms with Crippen LogP contribution in [0.4, 0.5) is 17.1 Å². The molecule has 1 heterocycles. The van der Waals surface area contributed by atoms with Crippen LogP contribution in [0.5, 0.6) is 0 Å². The minimum Gasteiger partial charge on any atom is -0.372 e. The molecule has 28 heavy (non-hydrogen) atoms. The van der Waals surface area contributed by atoms with Crippen LogP contribution in [0, 0.1) is 0 Å². The lowest BCUT2D eigenvalue weighted by Crippen LogP contribution is -2.36. The molecule has 6 nitrogen and oxygen atoms in total. The number of ketones is 1. The number of benzene rings is 2. The summed E-state index contributed by atoms with van der Waals surface area (Å²) in [5.41, 5.74) is 2.88. The maximum atomic E-state index is 12.5. The molecule has 0 aromatic heterocycles. The first-order valence-corrected chi connectivity index (χ1v) is 9.48. The van der Waals surface area contributed by atoms with E-state index in [0.29, 0.717) is 16.9 Å². The van der Waals surface area contributed by atoms with Gasteiger partial charge in [-0.3, -0.25) is 14.4 Å². The van der Waals surface area contributed by atoms with E-state index in [4.69, 9.17) is 0 Å². The molecule has 0 spiro atoms. The van der Waals surface area contributed by atoms with Gasteiger partial charge < -0.3 is 15.1 Å². The summed E-state index contributed by atoms with van der Waals surface area (Å²) < 4.78 is 0. The molecule has 0 bridgehead atoms. The van der Waals surface area contributed by atoms with Crippen LogP contribution in [0.3, 0.4) is 0 Å². The Labute approximate surface area is 165 Å². The van der Waals surface area contributed by atoms with Crippen molar-refractivity contribution in [1.29, 1.82) is 0 Å². The van der Waals surface area contributed by atoms with Gasteiger partial charge in [0.15, 0.2) is 5.78 Å². The lowest BCUT2D eigenvalue weighted by atomic mass is 10.1. The summed E-state index contributed by atoms with van der Waals surface area (Å²) in [6.45, 7) is 4.93. The largest absolute Gasteiger partial charge is 0.372 e. The Kier molecular flexibility index (Phi) is 6.09. The van der Waals surface area contributed by atoms with Gasteiger partial charge in [-0.1, -0.05) is 12.1 Å². The third-order valence-corrected chi connectivity index (χ3v) is 4.87. The average molecular weight is 379 g/mol. The fourth-order valence-electron chi connectivity index (χ4n) is 3.36. The van der Waals surface area contributed by atoms with E-state index in [1.807, 2.05) is 24.3 Å². The molecular weight excluding hydrogens is 354 g/mol. The zero-order valence-corrected chi connectivity index (χ0v) is 16.3. The molecule has 146 valence electrons. The van der Waals surface area contributed by atoms with Crippen molar-refractivity contribution in [2.45, 2.75) is 26.7 Å². The van der Waals surface area contributed by atoms with Crippen molar-refractivity contribution in [1.82, 2.24) is 0 Å². The number of nitrogens with one attached hydrogen (secondary N) is 1. The van der Waals surface area contributed by atoms with Crippen LogP contribution in [-0.4, -0.2) is 37.2 Å². The number of amides is 2. The highest BCUT2D eigenvalue weighted by molar-refractivity contribution is 6.02. The molecule has 0 saturated carbocycles. The van der Waals surface area contributed by atoms with Crippen molar-refractivity contribution in [3.63, 3.8) is 0 Å². The van der Waals surface area contributed by atoms with E-state index < -0.39 is 0 Å². The molecule has 3 rings (SSSR count). The van der Waals surface area contributed by atoms with Gasteiger partial charge in [-0.25, -0.2) is 0 Å². The number of anilines is 3. The highest BCUT2D eigenvalue weighted by atomic mass is 16.2. The number of rotatable bonds is 6. The highest BCUT2D eigenvalue weighted by Gasteiger charge is 2.18. The SMILES string of the molecule is CC(=O)c1cccc(NC(=O)CN(C(C)=O)c2ccc(N3CCCC3)cc2)c1. The first-order valence-electron chi connectivity index (χ1n) is 9.48. The van der Waals surface area contributed by atoms with Crippen LogP contribution in [-0.2, 0) is 9.59 Å². The predicted octanol–water partition coefficient (Wildman–Crippen LogP) is 3.48. The second-order valence-corrected chi connectivity index (χ2v) is 7.00. The molecular formula is C22H25N3O3. The lowest BCUT2D eigenvalue weighted by molar-refractivity contribution is -0.120. The van der Waals surface area contributed by atoms with Crippen LogP contribution < -0.4 is 15.1 Å². The molecule has 1 N–H and O–H groups in total. The molecule has 2 aromatic carbocycles. The fourth-order valence-corrected chi connectivity index (χ4v) is 3.36. The number of hydrogen-bond donors (Lipinski definition) is 1. The Balaban J connectivity index is 1.68. The quantitative estimate of drug-likeness (QED) is 0.780. The van der Waals surface area contributed by atoms with Crippen molar-refractivity contribution in [3.8, 4) is 0 Å². The summed E-state index contributed by atoms with van der Waals surface area (Å²) >= 11 is 0. The van der Waals surface area contributed by atoms with E-state index in [0.717, 1.165) is 18.8 Å². The van der Waals surface area contributed by atoms with Gasteiger partial charge in [0.25, 0.3) is 0 Å². The van der Waals surface area contributed by atoms with Crippen LogP contribution >= 0.6 is 0 Å². The van der Waals surface area contributed by atoms with Crippen molar-refractivity contribution >= 4 is 34.7 Å². The van der Waals surface area contributed by atoms with E-state index in [-0.39, 0.29) is 24.1 Å². The second kappa shape index (κ2) is 8.69. The maximum absolute atomic E-state index is 12.5. The Morgan fingerprint density at radius 3 is 2.29 bits per heavy atom. The van der Waals surface area contributed by atoms with Gasteiger partial charge in [-0.2, -0.15) is 0 Å². The van der Waals surface area contributed by atoms with Crippen LogP contribution in [0.15, 0.2) is 48.5 Å². The number of Topliss-reactive ketones (excluding diaryl/α,β-unsaturated/α-hetero) is 1. The van der Waals surface area contributed by atoms with Crippen molar-refractivity contribution in [2.24, 2.45) is 0 Å².